The highest BCUT2D eigenvalue weighted by molar-refractivity contribution is 5.07. The molecule has 0 aromatic heterocycles. The Bertz CT molecular complexity index is 108. The lowest BCUT2D eigenvalue weighted by Gasteiger charge is -2.05. The van der Waals surface area contributed by atoms with Crippen LogP contribution in [0.25, 0.3) is 0 Å². The normalized spacial score (nSPS) is 23.1. The molecule has 1 saturated heterocycles. The summed E-state index contributed by atoms with van der Waals surface area (Å²) in [5.74, 6) is 0. The lowest BCUT2D eigenvalue weighted by molar-refractivity contribution is 0.556. The summed E-state index contributed by atoms with van der Waals surface area (Å²) in [6.07, 6.45) is 3.41. The molecule has 1 rings (SSSR count). The number of nitrogens with zero attached hydrogens (tertiary/aromatic N) is 1. The van der Waals surface area contributed by atoms with E-state index < -0.39 is 0 Å². The van der Waals surface area contributed by atoms with Gasteiger partial charge in [-0.25, -0.2) is 0 Å². The van der Waals surface area contributed by atoms with Crippen LogP contribution in [-0.2, 0) is 0 Å². The zero-order valence-electron chi connectivity index (χ0n) is 6.15. The summed E-state index contributed by atoms with van der Waals surface area (Å²) in [6, 6.07) is 0. The third kappa shape index (κ3) is 2.06. The summed E-state index contributed by atoms with van der Waals surface area (Å²) in [5.41, 5.74) is 1.51. The molecule has 52 valence electrons. The molecule has 0 spiro atoms. The molecule has 0 bridgehead atoms. The van der Waals surface area contributed by atoms with E-state index in [1.807, 2.05) is 0 Å². The SMILES string of the molecule is CN(C)/C=C1\CCNC1. The summed E-state index contributed by atoms with van der Waals surface area (Å²) < 4.78 is 0. The van der Waals surface area contributed by atoms with Crippen LogP contribution in [-0.4, -0.2) is 32.1 Å². The van der Waals surface area contributed by atoms with E-state index in [1.165, 1.54) is 12.0 Å². The van der Waals surface area contributed by atoms with Gasteiger partial charge in [-0.2, -0.15) is 0 Å². The van der Waals surface area contributed by atoms with Crippen molar-refractivity contribution in [3.63, 3.8) is 0 Å². The van der Waals surface area contributed by atoms with E-state index in [2.05, 4.69) is 30.5 Å². The lowest BCUT2D eigenvalue weighted by atomic mass is 10.2. The Hall–Kier alpha value is -0.500. The lowest BCUT2D eigenvalue weighted by Crippen LogP contribution is -2.07. The highest BCUT2D eigenvalue weighted by Gasteiger charge is 2.03. The molecule has 1 N–H and O–H groups in total. The Balaban J connectivity index is 2.39. The first-order chi connectivity index (χ1) is 4.29. The molecule has 0 radical (unpaired) electrons. The van der Waals surface area contributed by atoms with Gasteiger partial charge in [0.1, 0.15) is 0 Å². The average Bonchev–Trinajstić information content (AvgIpc) is 2.15. The van der Waals surface area contributed by atoms with Gasteiger partial charge < -0.3 is 10.2 Å². The quantitative estimate of drug-likeness (QED) is 0.548. The van der Waals surface area contributed by atoms with Gasteiger partial charge in [-0.1, -0.05) is 0 Å². The van der Waals surface area contributed by atoms with E-state index in [0.717, 1.165) is 13.1 Å². The van der Waals surface area contributed by atoms with Crippen molar-refractivity contribution in [3.05, 3.63) is 11.8 Å². The van der Waals surface area contributed by atoms with Gasteiger partial charge >= 0.3 is 0 Å². The summed E-state index contributed by atoms with van der Waals surface area (Å²) in [4.78, 5) is 2.10. The maximum Gasteiger partial charge on any atom is 0.0182 e. The predicted molar refractivity (Wildman–Crippen MR) is 39.3 cm³/mol. The van der Waals surface area contributed by atoms with Crippen molar-refractivity contribution in [2.45, 2.75) is 6.42 Å². The first kappa shape index (κ1) is 6.62. The molecule has 0 saturated carbocycles. The third-order valence-corrected chi connectivity index (χ3v) is 1.42. The van der Waals surface area contributed by atoms with E-state index in [4.69, 9.17) is 0 Å². The fourth-order valence-corrected chi connectivity index (χ4v) is 1.06. The van der Waals surface area contributed by atoms with Gasteiger partial charge in [0.25, 0.3) is 0 Å². The number of hydrogen-bond donors (Lipinski definition) is 1. The Labute approximate surface area is 56.5 Å². The van der Waals surface area contributed by atoms with Gasteiger partial charge in [0, 0.05) is 20.6 Å². The van der Waals surface area contributed by atoms with Gasteiger partial charge in [-0.3, -0.25) is 0 Å². The van der Waals surface area contributed by atoms with Crippen LogP contribution in [0.2, 0.25) is 0 Å². The van der Waals surface area contributed by atoms with Crippen molar-refractivity contribution in [1.82, 2.24) is 10.2 Å². The monoisotopic (exact) mass is 126 g/mol. The maximum absolute atomic E-state index is 3.28. The molecule has 1 heterocycles. The maximum atomic E-state index is 3.28. The van der Waals surface area contributed by atoms with Crippen LogP contribution in [0.15, 0.2) is 11.8 Å². The predicted octanol–water partition coefficient (Wildman–Crippen LogP) is 0.425. The van der Waals surface area contributed by atoms with Crippen molar-refractivity contribution in [1.29, 1.82) is 0 Å². The standard InChI is InChI=1S/C7H14N2/c1-9(2)6-7-3-4-8-5-7/h6,8H,3-5H2,1-2H3/b7-6+. The van der Waals surface area contributed by atoms with Crippen molar-refractivity contribution in [2.24, 2.45) is 0 Å². The summed E-state index contributed by atoms with van der Waals surface area (Å²) >= 11 is 0. The third-order valence-electron chi connectivity index (χ3n) is 1.42. The minimum Gasteiger partial charge on any atom is -0.383 e. The van der Waals surface area contributed by atoms with Crippen LogP contribution < -0.4 is 5.32 Å². The first-order valence-corrected chi connectivity index (χ1v) is 3.36. The molecular weight excluding hydrogens is 112 g/mol. The van der Waals surface area contributed by atoms with E-state index in [1.54, 1.807) is 0 Å². The molecule has 9 heavy (non-hydrogen) atoms. The average molecular weight is 126 g/mol. The summed E-state index contributed by atoms with van der Waals surface area (Å²) in [6.45, 7) is 2.23. The molecular formula is C7H14N2. The highest BCUT2D eigenvalue weighted by atomic mass is 15.0. The topological polar surface area (TPSA) is 15.3 Å². The smallest absolute Gasteiger partial charge is 0.0182 e. The fraction of sp³-hybridized carbons (Fsp3) is 0.714. The van der Waals surface area contributed by atoms with Crippen LogP contribution in [0.1, 0.15) is 6.42 Å². The zero-order valence-corrected chi connectivity index (χ0v) is 6.15. The number of nitrogens with one attached hydrogen (secondary N) is 1. The fourth-order valence-electron chi connectivity index (χ4n) is 1.06. The van der Waals surface area contributed by atoms with Crippen molar-refractivity contribution < 1.29 is 0 Å². The molecule has 0 unspecified atom stereocenters. The van der Waals surface area contributed by atoms with Gasteiger partial charge in [0.05, 0.1) is 0 Å². The van der Waals surface area contributed by atoms with Crippen LogP contribution in [0, 0.1) is 0 Å². The Morgan fingerprint density at radius 2 is 2.33 bits per heavy atom. The molecule has 2 heteroatoms. The van der Waals surface area contributed by atoms with Gasteiger partial charge in [0.2, 0.25) is 0 Å². The highest BCUT2D eigenvalue weighted by Crippen LogP contribution is 2.04. The summed E-state index contributed by atoms with van der Waals surface area (Å²) in [5, 5.41) is 3.28. The van der Waals surface area contributed by atoms with Gasteiger partial charge in [-0.05, 0) is 24.7 Å². The molecule has 0 aromatic carbocycles. The van der Waals surface area contributed by atoms with Crippen LogP contribution in [0.3, 0.4) is 0 Å². The first-order valence-electron chi connectivity index (χ1n) is 3.36. The molecule has 0 aliphatic carbocycles. The van der Waals surface area contributed by atoms with E-state index in [-0.39, 0.29) is 0 Å². The second kappa shape index (κ2) is 2.87. The molecule has 1 aliphatic heterocycles. The van der Waals surface area contributed by atoms with Crippen LogP contribution >= 0.6 is 0 Å². The Morgan fingerprint density at radius 3 is 2.78 bits per heavy atom. The molecule has 0 amide bonds. The minimum absolute atomic E-state index is 1.08. The van der Waals surface area contributed by atoms with Crippen molar-refractivity contribution in [2.75, 3.05) is 27.2 Å². The second-order valence-electron chi connectivity index (χ2n) is 2.68. The molecule has 0 atom stereocenters. The molecule has 0 aromatic rings. The van der Waals surface area contributed by atoms with Crippen molar-refractivity contribution in [3.8, 4) is 0 Å². The summed E-state index contributed by atoms with van der Waals surface area (Å²) in [7, 11) is 4.12. The van der Waals surface area contributed by atoms with Gasteiger partial charge in [-0.15, -0.1) is 0 Å². The molecule has 2 nitrogen and oxygen atoms in total. The van der Waals surface area contributed by atoms with E-state index in [0.29, 0.717) is 0 Å². The second-order valence-corrected chi connectivity index (χ2v) is 2.68. The van der Waals surface area contributed by atoms with Crippen LogP contribution in [0.5, 0.6) is 0 Å². The number of hydrogen-bond acceptors (Lipinski definition) is 2. The largest absolute Gasteiger partial charge is 0.383 e. The zero-order chi connectivity index (χ0) is 6.69. The van der Waals surface area contributed by atoms with Gasteiger partial charge in [0.15, 0.2) is 0 Å². The molecule has 1 aliphatic rings. The van der Waals surface area contributed by atoms with Crippen LogP contribution in [0.4, 0.5) is 0 Å². The molecule has 1 fully saturated rings. The number of rotatable bonds is 1. The Kier molecular flexibility index (Phi) is 2.11. The Morgan fingerprint density at radius 1 is 1.56 bits per heavy atom. The van der Waals surface area contributed by atoms with E-state index >= 15 is 0 Å². The van der Waals surface area contributed by atoms with E-state index in [9.17, 15) is 0 Å². The minimum atomic E-state index is 1.08. The van der Waals surface area contributed by atoms with Crippen molar-refractivity contribution >= 4 is 0 Å².